The second kappa shape index (κ2) is 39.4. The molecule has 0 radical (unpaired) electrons. The van der Waals surface area contributed by atoms with Crippen LogP contribution in [0.25, 0.3) is 0 Å². The lowest BCUT2D eigenvalue weighted by Crippen LogP contribution is -2.41. The number of hydrogen-bond acceptors (Lipinski definition) is 13. The molecule has 19 nitrogen and oxygen atoms in total. The average Bonchev–Trinajstić information content (AvgIpc) is 4.08. The van der Waals surface area contributed by atoms with Gasteiger partial charge in [-0.3, -0.25) is 35.2 Å². The van der Waals surface area contributed by atoms with Gasteiger partial charge >= 0.3 is 11.9 Å². The van der Waals surface area contributed by atoms with E-state index >= 15 is 0 Å². The predicted molar refractivity (Wildman–Crippen MR) is 227 cm³/mol. The van der Waals surface area contributed by atoms with Crippen molar-refractivity contribution in [1.29, 1.82) is 0 Å². The molecule has 0 spiro atoms. The quantitative estimate of drug-likeness (QED) is 0.0189. The number of epoxide rings is 1. The normalized spacial score (nSPS) is 14.2. The Hall–Kier alpha value is -3.46. The van der Waals surface area contributed by atoms with Crippen LogP contribution in [0, 0.1) is 0 Å². The lowest BCUT2D eigenvalue weighted by Gasteiger charge is -2.14. The third kappa shape index (κ3) is 36.9. The average molecular weight is 875 g/mol. The van der Waals surface area contributed by atoms with Crippen LogP contribution in [0.5, 0.6) is 0 Å². The Labute approximate surface area is 362 Å². The minimum atomic E-state index is -1.18. The third-order valence-electron chi connectivity index (χ3n) is 9.97. The van der Waals surface area contributed by atoms with E-state index < -0.39 is 18.0 Å². The molecule has 0 saturated carbocycles. The van der Waals surface area contributed by atoms with Gasteiger partial charge in [0.2, 0.25) is 23.6 Å². The number of amides is 4. The maximum atomic E-state index is 12.3. The molecule has 0 aromatic rings. The van der Waals surface area contributed by atoms with Crippen LogP contribution in [0.4, 0.5) is 0 Å². The summed E-state index contributed by atoms with van der Waals surface area (Å²) < 4.78 is 26.6. The fraction of sp³-hybridized carbons (Fsp3) is 0.857. The minimum absolute atomic E-state index is 0.0230. The fourth-order valence-electron chi connectivity index (χ4n) is 6.35. The van der Waals surface area contributed by atoms with Crippen molar-refractivity contribution in [2.75, 3.05) is 79.1 Å². The van der Waals surface area contributed by atoms with Gasteiger partial charge in [-0.2, -0.15) is 0 Å². The molecule has 3 unspecified atom stereocenters. The minimum Gasteiger partial charge on any atom is -0.481 e. The SMILES string of the molecule is NNC(CCCCNC(=O)COCCOCCNC(=O)COCCOCCNC(=O)CCC(NC(=O)CCCCCCCCCCCCCCCCC(=O)O)C(=O)O)C1CO1. The number of nitrogens with two attached hydrogens (primary N) is 1. The number of hydrogen-bond donors (Lipinski definition) is 8. The zero-order valence-electron chi connectivity index (χ0n) is 36.5. The molecule has 61 heavy (non-hydrogen) atoms. The van der Waals surface area contributed by atoms with E-state index in [0.29, 0.717) is 13.0 Å². The number of hydrazine groups is 1. The molecule has 1 aliphatic heterocycles. The first-order valence-corrected chi connectivity index (χ1v) is 22.5. The summed E-state index contributed by atoms with van der Waals surface area (Å²) in [6.07, 6.45) is 18.4. The number of carboxylic acids is 2. The molecule has 0 bridgehead atoms. The van der Waals surface area contributed by atoms with Crippen molar-refractivity contribution >= 4 is 35.6 Å². The Balaban J connectivity index is 1.88. The van der Waals surface area contributed by atoms with Crippen LogP contribution in [0.2, 0.25) is 0 Å². The molecule has 0 aromatic carbocycles. The molecule has 4 amide bonds. The summed E-state index contributed by atoms with van der Waals surface area (Å²) in [7, 11) is 0. The first-order valence-electron chi connectivity index (χ1n) is 22.5. The van der Waals surface area contributed by atoms with Gasteiger partial charge in [0, 0.05) is 44.9 Å². The molecule has 1 fully saturated rings. The van der Waals surface area contributed by atoms with Gasteiger partial charge in [0.25, 0.3) is 0 Å². The Morgan fingerprint density at radius 1 is 0.525 bits per heavy atom. The largest absolute Gasteiger partial charge is 0.481 e. The van der Waals surface area contributed by atoms with Crippen LogP contribution in [-0.4, -0.2) is 143 Å². The molecule has 0 aromatic heterocycles. The lowest BCUT2D eigenvalue weighted by molar-refractivity contribution is -0.142. The first-order chi connectivity index (χ1) is 29.6. The number of aliphatic carboxylic acids is 2. The van der Waals surface area contributed by atoms with Crippen molar-refractivity contribution < 1.29 is 62.7 Å². The molecule has 354 valence electrons. The van der Waals surface area contributed by atoms with Crippen molar-refractivity contribution in [3.05, 3.63) is 0 Å². The summed E-state index contributed by atoms with van der Waals surface area (Å²) in [5, 5.41) is 28.8. The second-order valence-electron chi connectivity index (χ2n) is 15.4. The summed E-state index contributed by atoms with van der Waals surface area (Å²) in [5.41, 5.74) is 2.76. The number of carbonyl (C=O) groups is 6. The fourth-order valence-corrected chi connectivity index (χ4v) is 6.35. The van der Waals surface area contributed by atoms with Gasteiger partial charge in [-0.05, 0) is 38.5 Å². The molecule has 1 heterocycles. The van der Waals surface area contributed by atoms with E-state index in [2.05, 4.69) is 26.7 Å². The van der Waals surface area contributed by atoms with E-state index in [1.165, 1.54) is 44.9 Å². The van der Waals surface area contributed by atoms with E-state index in [1.54, 1.807) is 0 Å². The molecule has 3 atom stereocenters. The highest BCUT2D eigenvalue weighted by atomic mass is 16.6. The van der Waals surface area contributed by atoms with Gasteiger partial charge in [0.15, 0.2) is 0 Å². The van der Waals surface area contributed by atoms with Crippen molar-refractivity contribution in [2.24, 2.45) is 5.84 Å². The number of rotatable bonds is 45. The topological polar surface area (TPSA) is 278 Å². The van der Waals surface area contributed by atoms with Crippen LogP contribution in [0.15, 0.2) is 0 Å². The van der Waals surface area contributed by atoms with Crippen LogP contribution < -0.4 is 32.5 Å². The van der Waals surface area contributed by atoms with Crippen LogP contribution in [0.1, 0.15) is 135 Å². The first kappa shape index (κ1) is 55.6. The lowest BCUT2D eigenvalue weighted by atomic mass is 10.0. The van der Waals surface area contributed by atoms with Crippen molar-refractivity contribution in [1.82, 2.24) is 26.7 Å². The van der Waals surface area contributed by atoms with Gasteiger partial charge in [0.05, 0.1) is 52.4 Å². The van der Waals surface area contributed by atoms with Crippen molar-refractivity contribution in [2.45, 2.75) is 153 Å². The van der Waals surface area contributed by atoms with E-state index in [4.69, 9.17) is 34.6 Å². The Morgan fingerprint density at radius 2 is 0.984 bits per heavy atom. The van der Waals surface area contributed by atoms with E-state index in [0.717, 1.165) is 64.4 Å². The molecule has 1 rings (SSSR count). The van der Waals surface area contributed by atoms with Gasteiger partial charge in [-0.1, -0.05) is 77.0 Å². The smallest absolute Gasteiger partial charge is 0.326 e. The van der Waals surface area contributed by atoms with Crippen LogP contribution in [0.3, 0.4) is 0 Å². The van der Waals surface area contributed by atoms with Gasteiger partial charge in [0.1, 0.15) is 19.3 Å². The molecule has 19 heteroatoms. The molecular weight excluding hydrogens is 796 g/mol. The molecule has 1 aliphatic rings. The van der Waals surface area contributed by atoms with Gasteiger partial charge < -0.3 is 55.2 Å². The number of nitrogens with one attached hydrogen (secondary N) is 5. The zero-order valence-corrected chi connectivity index (χ0v) is 36.5. The highest BCUT2D eigenvalue weighted by Gasteiger charge is 2.31. The zero-order chi connectivity index (χ0) is 44.6. The maximum Gasteiger partial charge on any atom is 0.326 e. The second-order valence-corrected chi connectivity index (χ2v) is 15.4. The van der Waals surface area contributed by atoms with Crippen molar-refractivity contribution in [3.63, 3.8) is 0 Å². The monoisotopic (exact) mass is 875 g/mol. The Morgan fingerprint density at radius 3 is 1.46 bits per heavy atom. The van der Waals surface area contributed by atoms with Crippen LogP contribution >= 0.6 is 0 Å². The van der Waals surface area contributed by atoms with E-state index in [-0.39, 0.29) is 127 Å². The van der Waals surface area contributed by atoms with E-state index in [9.17, 15) is 33.9 Å². The van der Waals surface area contributed by atoms with E-state index in [1.807, 2.05) is 0 Å². The highest BCUT2D eigenvalue weighted by molar-refractivity contribution is 5.84. The molecule has 1 saturated heterocycles. The number of unbranched alkanes of at least 4 members (excludes halogenated alkanes) is 14. The van der Waals surface area contributed by atoms with Crippen molar-refractivity contribution in [3.8, 4) is 0 Å². The Kier molecular flexibility index (Phi) is 35.9. The van der Waals surface area contributed by atoms with Crippen LogP contribution in [-0.2, 0) is 52.5 Å². The van der Waals surface area contributed by atoms with Gasteiger partial charge in [-0.25, -0.2) is 4.79 Å². The number of carboxylic acid groups (broad SMARTS) is 2. The summed E-state index contributed by atoms with van der Waals surface area (Å²) in [6, 6.07) is -0.983. The molecule has 9 N–H and O–H groups in total. The predicted octanol–water partition coefficient (Wildman–Crippen LogP) is 2.48. The third-order valence-corrected chi connectivity index (χ3v) is 9.97. The highest BCUT2D eigenvalue weighted by Crippen LogP contribution is 2.18. The maximum absolute atomic E-state index is 12.3. The summed E-state index contributed by atoms with van der Waals surface area (Å²) in [4.78, 5) is 70.5. The summed E-state index contributed by atoms with van der Waals surface area (Å²) >= 11 is 0. The number of ether oxygens (including phenoxy) is 5. The standard InChI is InChI=1S/C42H78N6O13/c43-48-34(36-31-61-36)17-15-16-22-44-39(51)32-59-29-28-58-26-24-46-40(52)33-60-30-27-57-25-23-45-37(49)21-20-35(42(55)56)47-38(50)18-13-11-9-7-5-3-1-2-4-6-8-10-12-14-19-41(53)54/h34-36,48H,1-33,43H2,(H,44,51)(H,45,49)(H,46,52)(H,47,50)(H,53,54)(H,55,56). The summed E-state index contributed by atoms with van der Waals surface area (Å²) in [5.74, 6) is 2.44. The molecular formula is C42H78N6O13. The number of carbonyl (C=O) groups excluding carboxylic acids is 4. The molecule has 0 aliphatic carbocycles. The van der Waals surface area contributed by atoms with Gasteiger partial charge in [-0.15, -0.1) is 0 Å². The Bertz CT molecular complexity index is 1180. The summed E-state index contributed by atoms with van der Waals surface area (Å²) in [6.45, 7) is 3.00.